The summed E-state index contributed by atoms with van der Waals surface area (Å²) in [6.07, 6.45) is 3.01. The number of ether oxygens (including phenoxy) is 3. The van der Waals surface area contributed by atoms with Gasteiger partial charge in [0.05, 0.1) is 27.9 Å². The molecule has 2 amide bonds. The number of rotatable bonds is 8. The summed E-state index contributed by atoms with van der Waals surface area (Å²) in [5.41, 5.74) is 1.30. The van der Waals surface area contributed by atoms with E-state index in [0.717, 1.165) is 0 Å². The molecule has 0 heterocycles. The van der Waals surface area contributed by atoms with Crippen LogP contribution in [-0.4, -0.2) is 51.6 Å². The van der Waals surface area contributed by atoms with Crippen molar-refractivity contribution in [2.75, 3.05) is 40.2 Å². The number of hydrogen-bond donors (Lipinski definition) is 1. The van der Waals surface area contributed by atoms with Crippen molar-refractivity contribution in [3.05, 3.63) is 54.1 Å². The highest BCUT2D eigenvalue weighted by Gasteiger charge is 2.11. The van der Waals surface area contributed by atoms with E-state index < -0.39 is 0 Å². The molecule has 0 bridgehead atoms. The van der Waals surface area contributed by atoms with Gasteiger partial charge in [-0.1, -0.05) is 6.07 Å². The summed E-state index contributed by atoms with van der Waals surface area (Å²) < 4.78 is 15.6. The number of nitrogens with zero attached hydrogens (tertiary/aromatic N) is 1. The summed E-state index contributed by atoms with van der Waals surface area (Å²) in [6, 6.07) is 12.3. The van der Waals surface area contributed by atoms with Crippen LogP contribution < -0.4 is 19.5 Å². The maximum Gasteiger partial charge on any atom is 0.246 e. The second-order valence-corrected chi connectivity index (χ2v) is 5.92. The van der Waals surface area contributed by atoms with Crippen LogP contribution in [0.4, 0.5) is 5.69 Å². The fraction of sp³-hybridized carbons (Fsp3) is 0.238. The Hall–Kier alpha value is -3.48. The first-order valence-corrected chi connectivity index (χ1v) is 8.56. The fourth-order valence-corrected chi connectivity index (χ4v) is 2.45. The van der Waals surface area contributed by atoms with E-state index in [0.29, 0.717) is 28.5 Å². The summed E-state index contributed by atoms with van der Waals surface area (Å²) in [7, 11) is 6.23. The molecule has 7 heteroatoms. The van der Waals surface area contributed by atoms with Gasteiger partial charge < -0.3 is 24.4 Å². The number of anilines is 1. The molecule has 0 unspecified atom stereocenters. The van der Waals surface area contributed by atoms with Crippen molar-refractivity contribution in [2.24, 2.45) is 0 Å². The number of likely N-dealkylation sites (N-methyl/N-ethyl adjacent to an activating group) is 1. The van der Waals surface area contributed by atoms with Gasteiger partial charge in [-0.3, -0.25) is 9.59 Å². The highest BCUT2D eigenvalue weighted by atomic mass is 16.5. The number of carbonyl (C=O) groups excluding carboxylic acids is 2. The average molecular weight is 384 g/mol. The average Bonchev–Trinajstić information content (AvgIpc) is 2.71. The second-order valence-electron chi connectivity index (χ2n) is 5.92. The van der Waals surface area contributed by atoms with Crippen LogP contribution in [0, 0.1) is 0 Å². The molecular weight excluding hydrogens is 360 g/mol. The molecule has 0 aliphatic heterocycles. The molecule has 0 aliphatic carbocycles. The maximum atomic E-state index is 12.3. The molecule has 0 radical (unpaired) electrons. The zero-order chi connectivity index (χ0) is 20.5. The largest absolute Gasteiger partial charge is 0.497 e. The van der Waals surface area contributed by atoms with Crippen molar-refractivity contribution < 1.29 is 23.8 Å². The molecule has 0 fully saturated rings. The lowest BCUT2D eigenvalue weighted by Gasteiger charge is -2.15. The van der Waals surface area contributed by atoms with Gasteiger partial charge in [-0.25, -0.2) is 0 Å². The van der Waals surface area contributed by atoms with Crippen molar-refractivity contribution in [1.29, 1.82) is 0 Å². The SMILES string of the molecule is COc1cccc(NC(=O)CN(C)C(=O)/C=C/c2cc(OC)ccc2OC)c1. The zero-order valence-corrected chi connectivity index (χ0v) is 16.4. The third-order valence-corrected chi connectivity index (χ3v) is 3.95. The smallest absolute Gasteiger partial charge is 0.246 e. The lowest BCUT2D eigenvalue weighted by atomic mass is 10.1. The predicted octanol–water partition coefficient (Wildman–Crippen LogP) is 2.82. The van der Waals surface area contributed by atoms with E-state index in [-0.39, 0.29) is 18.4 Å². The normalized spacial score (nSPS) is 10.4. The van der Waals surface area contributed by atoms with Crippen LogP contribution in [0.25, 0.3) is 6.08 Å². The van der Waals surface area contributed by atoms with E-state index in [4.69, 9.17) is 14.2 Å². The number of benzene rings is 2. The number of carbonyl (C=O) groups is 2. The van der Waals surface area contributed by atoms with Crippen LogP contribution >= 0.6 is 0 Å². The van der Waals surface area contributed by atoms with Crippen LogP contribution in [0.2, 0.25) is 0 Å². The van der Waals surface area contributed by atoms with Gasteiger partial charge in [0.2, 0.25) is 11.8 Å². The molecule has 0 aromatic heterocycles. The van der Waals surface area contributed by atoms with Crippen molar-refractivity contribution in [2.45, 2.75) is 0 Å². The van der Waals surface area contributed by atoms with E-state index in [1.54, 1.807) is 76.9 Å². The summed E-state index contributed by atoms with van der Waals surface area (Å²) in [5, 5.41) is 2.74. The zero-order valence-electron chi connectivity index (χ0n) is 16.4. The number of methoxy groups -OCH3 is 3. The third kappa shape index (κ3) is 5.77. The fourth-order valence-electron chi connectivity index (χ4n) is 2.45. The first kappa shape index (κ1) is 20.8. The Morgan fingerprint density at radius 1 is 1.00 bits per heavy atom. The van der Waals surface area contributed by atoms with Gasteiger partial charge in [0.15, 0.2) is 0 Å². The Morgan fingerprint density at radius 3 is 2.39 bits per heavy atom. The second kappa shape index (κ2) is 10.0. The van der Waals surface area contributed by atoms with Gasteiger partial charge in [-0.2, -0.15) is 0 Å². The first-order chi connectivity index (χ1) is 13.5. The molecular formula is C21H24N2O5. The molecule has 148 valence electrons. The van der Waals surface area contributed by atoms with E-state index in [9.17, 15) is 9.59 Å². The minimum Gasteiger partial charge on any atom is -0.497 e. The standard InChI is InChI=1S/C21H24N2O5/c1-23(14-20(24)22-16-6-5-7-17(13-16)26-2)21(25)11-8-15-12-18(27-3)9-10-19(15)28-4/h5-13H,14H2,1-4H3,(H,22,24)/b11-8+. The maximum absolute atomic E-state index is 12.3. The van der Waals surface area contributed by atoms with Crippen molar-refractivity contribution >= 4 is 23.6 Å². The number of hydrogen-bond acceptors (Lipinski definition) is 5. The summed E-state index contributed by atoms with van der Waals surface area (Å²) in [5.74, 6) is 1.28. The molecule has 7 nitrogen and oxygen atoms in total. The molecule has 2 aromatic rings. The van der Waals surface area contributed by atoms with Crippen molar-refractivity contribution in [3.8, 4) is 17.2 Å². The van der Waals surface area contributed by atoms with Crippen molar-refractivity contribution in [3.63, 3.8) is 0 Å². The van der Waals surface area contributed by atoms with Gasteiger partial charge in [-0.05, 0) is 36.4 Å². The highest BCUT2D eigenvalue weighted by molar-refractivity contribution is 5.98. The van der Waals surface area contributed by atoms with E-state index in [1.165, 1.54) is 11.0 Å². The van der Waals surface area contributed by atoms with Crippen LogP contribution in [0.15, 0.2) is 48.5 Å². The Morgan fingerprint density at radius 2 is 1.71 bits per heavy atom. The van der Waals surface area contributed by atoms with E-state index in [2.05, 4.69) is 5.32 Å². The monoisotopic (exact) mass is 384 g/mol. The van der Waals surface area contributed by atoms with Crippen LogP contribution in [0.5, 0.6) is 17.2 Å². The van der Waals surface area contributed by atoms with Gasteiger partial charge in [0.25, 0.3) is 0 Å². The van der Waals surface area contributed by atoms with E-state index in [1.807, 2.05) is 0 Å². The number of nitrogens with one attached hydrogen (secondary N) is 1. The van der Waals surface area contributed by atoms with Crippen LogP contribution in [0.3, 0.4) is 0 Å². The molecule has 1 N–H and O–H groups in total. The molecule has 0 saturated heterocycles. The van der Waals surface area contributed by atoms with Gasteiger partial charge in [0, 0.05) is 30.4 Å². The first-order valence-electron chi connectivity index (χ1n) is 8.56. The topological polar surface area (TPSA) is 77.1 Å². The minimum atomic E-state index is -0.314. The Labute approximate surface area is 164 Å². The van der Waals surface area contributed by atoms with Gasteiger partial charge >= 0.3 is 0 Å². The van der Waals surface area contributed by atoms with Crippen LogP contribution in [0.1, 0.15) is 5.56 Å². The quantitative estimate of drug-likeness (QED) is 0.708. The molecule has 0 saturated carbocycles. The lowest BCUT2D eigenvalue weighted by molar-refractivity contribution is -0.129. The molecule has 2 aromatic carbocycles. The van der Waals surface area contributed by atoms with Gasteiger partial charge in [-0.15, -0.1) is 0 Å². The highest BCUT2D eigenvalue weighted by Crippen LogP contribution is 2.25. The van der Waals surface area contributed by atoms with Crippen molar-refractivity contribution in [1.82, 2.24) is 4.90 Å². The summed E-state index contributed by atoms with van der Waals surface area (Å²) in [4.78, 5) is 25.8. The number of amides is 2. The molecule has 2 rings (SSSR count). The minimum absolute atomic E-state index is 0.0877. The predicted molar refractivity (Wildman–Crippen MR) is 108 cm³/mol. The molecule has 28 heavy (non-hydrogen) atoms. The Bertz CT molecular complexity index is 864. The Kier molecular flexibility index (Phi) is 7.45. The molecule has 0 spiro atoms. The van der Waals surface area contributed by atoms with E-state index >= 15 is 0 Å². The summed E-state index contributed by atoms with van der Waals surface area (Å²) >= 11 is 0. The van der Waals surface area contributed by atoms with Crippen LogP contribution in [-0.2, 0) is 9.59 Å². The molecule has 0 aliphatic rings. The lowest BCUT2D eigenvalue weighted by Crippen LogP contribution is -2.33. The Balaban J connectivity index is 1.98. The molecule has 0 atom stereocenters. The third-order valence-electron chi connectivity index (χ3n) is 3.95. The van der Waals surface area contributed by atoms with Gasteiger partial charge in [0.1, 0.15) is 17.2 Å². The summed E-state index contributed by atoms with van der Waals surface area (Å²) in [6.45, 7) is -0.0877.